The van der Waals surface area contributed by atoms with Crippen molar-refractivity contribution in [1.29, 1.82) is 0 Å². The average molecular weight is 354 g/mol. The van der Waals surface area contributed by atoms with Gasteiger partial charge < -0.3 is 19.1 Å². The number of rotatable bonds is 6. The van der Waals surface area contributed by atoms with Gasteiger partial charge in [0.05, 0.1) is 19.2 Å². The van der Waals surface area contributed by atoms with Gasteiger partial charge in [-0.3, -0.25) is 4.79 Å². The van der Waals surface area contributed by atoms with Crippen LogP contribution in [0.5, 0.6) is 5.75 Å². The van der Waals surface area contributed by atoms with Crippen LogP contribution in [0.15, 0.2) is 41.2 Å². The fourth-order valence-corrected chi connectivity index (χ4v) is 2.88. The standard InChI is InChI=1S/C19H22N4O3/c1-12-16(13(2)26-22-12)11-17(24)21-18(19-20-9-10-23(19)3)14-5-7-15(25-4)8-6-14/h5-10,18H,11H2,1-4H3,(H,21,24)/t18-/m1/s1. The Balaban J connectivity index is 1.86. The van der Waals surface area contributed by atoms with E-state index in [0.29, 0.717) is 5.76 Å². The highest BCUT2D eigenvalue weighted by molar-refractivity contribution is 5.79. The van der Waals surface area contributed by atoms with Crippen LogP contribution in [0.3, 0.4) is 0 Å². The molecule has 1 atom stereocenters. The number of benzene rings is 1. The number of carbonyl (C=O) groups is 1. The zero-order valence-electron chi connectivity index (χ0n) is 15.3. The fraction of sp³-hybridized carbons (Fsp3) is 0.316. The van der Waals surface area contributed by atoms with Gasteiger partial charge in [-0.15, -0.1) is 0 Å². The molecule has 3 rings (SSSR count). The molecule has 1 aromatic carbocycles. The summed E-state index contributed by atoms with van der Waals surface area (Å²) < 4.78 is 12.3. The van der Waals surface area contributed by atoms with Crippen molar-refractivity contribution in [2.75, 3.05) is 7.11 Å². The van der Waals surface area contributed by atoms with E-state index < -0.39 is 0 Å². The van der Waals surface area contributed by atoms with Crippen molar-refractivity contribution in [3.8, 4) is 5.75 Å². The predicted molar refractivity (Wildman–Crippen MR) is 95.9 cm³/mol. The molecule has 26 heavy (non-hydrogen) atoms. The molecule has 0 unspecified atom stereocenters. The Bertz CT molecular complexity index is 876. The summed E-state index contributed by atoms with van der Waals surface area (Å²) in [6.45, 7) is 3.64. The number of amides is 1. The second-order valence-corrected chi connectivity index (χ2v) is 6.15. The molecule has 7 heteroatoms. The molecular weight excluding hydrogens is 332 g/mol. The van der Waals surface area contributed by atoms with E-state index >= 15 is 0 Å². The third-order valence-electron chi connectivity index (χ3n) is 4.39. The summed E-state index contributed by atoms with van der Waals surface area (Å²) in [5.41, 5.74) is 2.47. The summed E-state index contributed by atoms with van der Waals surface area (Å²) >= 11 is 0. The van der Waals surface area contributed by atoms with Gasteiger partial charge in [-0.2, -0.15) is 0 Å². The van der Waals surface area contributed by atoms with Crippen LogP contribution in [0.25, 0.3) is 0 Å². The van der Waals surface area contributed by atoms with Gasteiger partial charge in [-0.25, -0.2) is 4.98 Å². The number of aromatic nitrogens is 3. The van der Waals surface area contributed by atoms with E-state index in [-0.39, 0.29) is 18.4 Å². The Kier molecular flexibility index (Phi) is 5.06. The van der Waals surface area contributed by atoms with Gasteiger partial charge in [0.1, 0.15) is 23.4 Å². The second-order valence-electron chi connectivity index (χ2n) is 6.15. The second kappa shape index (κ2) is 7.43. The number of carbonyl (C=O) groups excluding carboxylic acids is 1. The SMILES string of the molecule is COc1ccc([C@@H](NC(=O)Cc2c(C)noc2C)c2nccn2C)cc1. The van der Waals surface area contributed by atoms with Crippen LogP contribution >= 0.6 is 0 Å². The molecule has 0 saturated heterocycles. The number of methoxy groups -OCH3 is 1. The molecule has 1 amide bonds. The number of hydrogen-bond acceptors (Lipinski definition) is 5. The Labute approximate surface area is 152 Å². The number of imidazole rings is 1. The zero-order valence-corrected chi connectivity index (χ0v) is 15.3. The molecule has 0 aliphatic carbocycles. The lowest BCUT2D eigenvalue weighted by molar-refractivity contribution is -0.121. The summed E-state index contributed by atoms with van der Waals surface area (Å²) in [6, 6.07) is 7.22. The van der Waals surface area contributed by atoms with Gasteiger partial charge in [0.2, 0.25) is 5.91 Å². The molecule has 1 N–H and O–H groups in total. The summed E-state index contributed by atoms with van der Waals surface area (Å²) in [4.78, 5) is 17.1. The highest BCUT2D eigenvalue weighted by atomic mass is 16.5. The Morgan fingerprint density at radius 3 is 2.58 bits per heavy atom. The first-order chi connectivity index (χ1) is 12.5. The summed E-state index contributed by atoms with van der Waals surface area (Å²) in [5.74, 6) is 2.05. The fourth-order valence-electron chi connectivity index (χ4n) is 2.88. The first-order valence-corrected chi connectivity index (χ1v) is 8.32. The number of aryl methyl sites for hydroxylation is 3. The molecule has 2 heterocycles. The highest BCUT2D eigenvalue weighted by Gasteiger charge is 2.22. The number of nitrogens with one attached hydrogen (secondary N) is 1. The van der Waals surface area contributed by atoms with E-state index in [1.807, 2.05) is 55.9 Å². The summed E-state index contributed by atoms with van der Waals surface area (Å²) in [6.07, 6.45) is 3.77. The summed E-state index contributed by atoms with van der Waals surface area (Å²) in [5, 5.41) is 6.98. The predicted octanol–water partition coefficient (Wildman–Crippen LogP) is 2.48. The van der Waals surface area contributed by atoms with Crippen LogP contribution in [0.2, 0.25) is 0 Å². The molecule has 7 nitrogen and oxygen atoms in total. The van der Waals surface area contributed by atoms with Crippen LogP contribution in [-0.4, -0.2) is 27.7 Å². The van der Waals surface area contributed by atoms with Crippen LogP contribution in [0.1, 0.15) is 34.4 Å². The highest BCUT2D eigenvalue weighted by Crippen LogP contribution is 2.23. The van der Waals surface area contributed by atoms with E-state index in [1.54, 1.807) is 13.3 Å². The van der Waals surface area contributed by atoms with Crippen molar-refractivity contribution in [1.82, 2.24) is 20.0 Å². The molecule has 0 aliphatic heterocycles. The van der Waals surface area contributed by atoms with Crippen molar-refractivity contribution in [3.05, 3.63) is 65.1 Å². The van der Waals surface area contributed by atoms with Crippen LogP contribution in [0.4, 0.5) is 0 Å². The van der Waals surface area contributed by atoms with E-state index in [2.05, 4.69) is 15.5 Å². The quantitative estimate of drug-likeness (QED) is 0.735. The van der Waals surface area contributed by atoms with Crippen molar-refractivity contribution in [3.63, 3.8) is 0 Å². The van der Waals surface area contributed by atoms with Gasteiger partial charge in [-0.1, -0.05) is 17.3 Å². The van der Waals surface area contributed by atoms with Crippen molar-refractivity contribution in [2.24, 2.45) is 7.05 Å². The molecule has 0 radical (unpaired) electrons. The van der Waals surface area contributed by atoms with E-state index in [4.69, 9.17) is 9.26 Å². The monoisotopic (exact) mass is 354 g/mol. The van der Waals surface area contributed by atoms with Crippen LogP contribution < -0.4 is 10.1 Å². The van der Waals surface area contributed by atoms with Crippen molar-refractivity contribution >= 4 is 5.91 Å². The molecule has 2 aromatic heterocycles. The topological polar surface area (TPSA) is 82.2 Å². The van der Waals surface area contributed by atoms with Crippen molar-refractivity contribution < 1.29 is 14.1 Å². The van der Waals surface area contributed by atoms with Gasteiger partial charge in [0.25, 0.3) is 0 Å². The minimum absolute atomic E-state index is 0.122. The maximum Gasteiger partial charge on any atom is 0.225 e. The lowest BCUT2D eigenvalue weighted by atomic mass is 10.0. The minimum Gasteiger partial charge on any atom is -0.497 e. The third-order valence-corrected chi connectivity index (χ3v) is 4.39. The zero-order chi connectivity index (χ0) is 18.7. The molecule has 136 valence electrons. The Morgan fingerprint density at radius 1 is 1.31 bits per heavy atom. The lowest BCUT2D eigenvalue weighted by Crippen LogP contribution is -2.32. The molecule has 0 spiro atoms. The largest absolute Gasteiger partial charge is 0.497 e. The number of ether oxygens (including phenoxy) is 1. The van der Waals surface area contributed by atoms with Gasteiger partial charge in [0, 0.05) is 25.0 Å². The van der Waals surface area contributed by atoms with Crippen LogP contribution in [0, 0.1) is 13.8 Å². The van der Waals surface area contributed by atoms with E-state index in [9.17, 15) is 4.79 Å². The molecule has 3 aromatic rings. The minimum atomic E-state index is -0.367. The van der Waals surface area contributed by atoms with Gasteiger partial charge >= 0.3 is 0 Å². The number of nitrogens with zero attached hydrogens (tertiary/aromatic N) is 3. The van der Waals surface area contributed by atoms with E-state index in [0.717, 1.165) is 28.4 Å². The molecule has 0 saturated carbocycles. The maximum atomic E-state index is 12.7. The first kappa shape index (κ1) is 17.7. The Hall–Kier alpha value is -3.09. The van der Waals surface area contributed by atoms with Gasteiger partial charge in [0.15, 0.2) is 0 Å². The molecule has 0 fully saturated rings. The molecule has 0 aliphatic rings. The first-order valence-electron chi connectivity index (χ1n) is 8.32. The van der Waals surface area contributed by atoms with Crippen LogP contribution in [-0.2, 0) is 18.3 Å². The third kappa shape index (κ3) is 3.61. The smallest absolute Gasteiger partial charge is 0.225 e. The van der Waals surface area contributed by atoms with Crippen molar-refractivity contribution in [2.45, 2.75) is 26.3 Å². The molecular formula is C19H22N4O3. The Morgan fingerprint density at radius 2 is 2.04 bits per heavy atom. The normalized spacial score (nSPS) is 12.0. The maximum absolute atomic E-state index is 12.7. The average Bonchev–Trinajstić information content (AvgIpc) is 3.20. The van der Waals surface area contributed by atoms with E-state index in [1.165, 1.54) is 0 Å². The summed E-state index contributed by atoms with van der Waals surface area (Å²) in [7, 11) is 3.52. The number of hydrogen-bond donors (Lipinski definition) is 1. The lowest BCUT2D eigenvalue weighted by Gasteiger charge is -2.19. The van der Waals surface area contributed by atoms with Gasteiger partial charge in [-0.05, 0) is 31.5 Å². The molecule has 0 bridgehead atoms.